The van der Waals surface area contributed by atoms with Crippen LogP contribution in [0, 0.1) is 10.1 Å². The van der Waals surface area contributed by atoms with Crippen LogP contribution in [0.5, 0.6) is 0 Å². The summed E-state index contributed by atoms with van der Waals surface area (Å²) in [4.78, 5) is 23.3. The molecule has 2 aromatic heterocycles. The molecule has 4 aliphatic rings. The highest BCUT2D eigenvalue weighted by molar-refractivity contribution is 6.04. The Hall–Kier alpha value is -3.41. The van der Waals surface area contributed by atoms with Gasteiger partial charge in [0, 0.05) is 48.1 Å². The number of Topliss-reactive ketones (excluding diaryl/α,β-unsaturated/α-hetero) is 1. The maximum Gasteiger partial charge on any atom is 0.270 e. The van der Waals surface area contributed by atoms with Gasteiger partial charge in [0.2, 0.25) is 0 Å². The van der Waals surface area contributed by atoms with Gasteiger partial charge in [0.1, 0.15) is 0 Å². The molecule has 0 bridgehead atoms. The average molecular weight is 510 g/mol. The van der Waals surface area contributed by atoms with Crippen LogP contribution < -0.4 is 0 Å². The van der Waals surface area contributed by atoms with Crippen LogP contribution in [0.15, 0.2) is 30.3 Å². The van der Waals surface area contributed by atoms with Gasteiger partial charge in [0.05, 0.1) is 21.7 Å². The van der Waals surface area contributed by atoms with E-state index < -0.39 is 0 Å². The highest BCUT2D eigenvalue weighted by Gasteiger charge is 2.29. The molecule has 0 N–H and O–H groups in total. The third-order valence-corrected chi connectivity index (χ3v) is 9.26. The van der Waals surface area contributed by atoms with Crippen molar-refractivity contribution in [2.24, 2.45) is 0 Å². The van der Waals surface area contributed by atoms with Crippen molar-refractivity contribution in [2.45, 2.75) is 96.6 Å². The van der Waals surface area contributed by atoms with Crippen LogP contribution in [0.1, 0.15) is 89.8 Å². The minimum Gasteiger partial charge on any atom is -0.344 e. The number of nitrogens with zero attached hydrogens (tertiary/aromatic N) is 3. The number of aromatic nitrogens is 2. The van der Waals surface area contributed by atoms with Crippen molar-refractivity contribution in [3.05, 3.63) is 74.1 Å². The van der Waals surface area contributed by atoms with E-state index in [4.69, 9.17) is 0 Å². The quantitative estimate of drug-likeness (QED) is 0.154. The van der Waals surface area contributed by atoms with E-state index in [1.54, 1.807) is 39.9 Å². The van der Waals surface area contributed by atoms with E-state index in [0.29, 0.717) is 6.42 Å². The summed E-state index contributed by atoms with van der Waals surface area (Å²) in [5, 5.41) is 13.7. The number of fused-ring (bicyclic) bond motifs is 6. The molecule has 6 heteroatoms. The fraction of sp³-hybridized carbons (Fsp3) is 0.469. The molecule has 8 rings (SSSR count). The number of nitro benzene ring substituents is 1. The predicted octanol–water partition coefficient (Wildman–Crippen LogP) is 7.26. The number of ketones is 1. The first-order valence-electron chi connectivity index (χ1n) is 14.6. The lowest BCUT2D eigenvalue weighted by Crippen LogP contribution is -2.14. The van der Waals surface area contributed by atoms with Crippen LogP contribution >= 0.6 is 0 Å². The van der Waals surface area contributed by atoms with Gasteiger partial charge in [-0.25, -0.2) is 0 Å². The Bertz CT molecular complexity index is 1610. The van der Waals surface area contributed by atoms with Crippen LogP contribution in [0.25, 0.3) is 21.8 Å². The molecule has 0 amide bonds. The van der Waals surface area contributed by atoms with Crippen molar-refractivity contribution >= 4 is 33.3 Å². The minimum absolute atomic E-state index is 0.149. The first kappa shape index (κ1) is 23.7. The topological polar surface area (TPSA) is 70.1 Å². The van der Waals surface area contributed by atoms with Crippen molar-refractivity contribution in [3.8, 4) is 0 Å². The van der Waals surface area contributed by atoms with Crippen LogP contribution in [-0.4, -0.2) is 19.8 Å². The van der Waals surface area contributed by atoms with Crippen molar-refractivity contribution in [1.82, 2.24) is 9.13 Å². The second kappa shape index (κ2) is 9.40. The summed E-state index contributed by atoms with van der Waals surface area (Å²) in [6.45, 7) is 2.10. The molecule has 4 heterocycles. The first-order chi connectivity index (χ1) is 18.6. The Morgan fingerprint density at radius 1 is 0.684 bits per heavy atom. The van der Waals surface area contributed by atoms with Gasteiger partial charge in [-0.05, 0) is 92.9 Å². The Labute approximate surface area is 222 Å². The van der Waals surface area contributed by atoms with E-state index >= 15 is 0 Å². The SMILES string of the molecule is O=C1CCCCc2c1n1c3c(cc([N+](=O)[O-])cc23)CCC1.c1cc2c3c(c1)c1c(n3CCC2)CCCCC1. The van der Waals surface area contributed by atoms with E-state index in [-0.39, 0.29) is 16.4 Å². The molecule has 2 aromatic carbocycles. The summed E-state index contributed by atoms with van der Waals surface area (Å²) in [5.74, 6) is 0.203. The third kappa shape index (κ3) is 3.71. The standard InChI is InChI=1S/C16H16N2O3.C16H19N/c19-14-6-2-1-5-12-13-9-11(18(20)21)8-10-4-3-7-17(15(10)13)16(12)14;1-2-8-13-14-9-4-6-12-7-5-11-17(16(12)14)15(13)10-3-1/h8-9H,1-7H2;4,6,9H,1-3,5,7-8,10-11H2. The number of carbonyl (C=O) groups is 1. The number of benzene rings is 2. The fourth-order valence-corrected chi connectivity index (χ4v) is 7.67. The summed E-state index contributed by atoms with van der Waals surface area (Å²) in [6.07, 6.45) is 14.6. The van der Waals surface area contributed by atoms with Crippen molar-refractivity contribution < 1.29 is 9.72 Å². The third-order valence-electron chi connectivity index (χ3n) is 9.26. The molecule has 0 unspecified atom stereocenters. The first-order valence-corrected chi connectivity index (χ1v) is 14.6. The summed E-state index contributed by atoms with van der Waals surface area (Å²) < 4.78 is 4.77. The van der Waals surface area contributed by atoms with E-state index in [1.165, 1.54) is 51.5 Å². The molecule has 2 aliphatic heterocycles. The van der Waals surface area contributed by atoms with Crippen LogP contribution in [-0.2, 0) is 45.2 Å². The maximum atomic E-state index is 12.5. The van der Waals surface area contributed by atoms with Gasteiger partial charge in [-0.15, -0.1) is 0 Å². The minimum atomic E-state index is -0.327. The van der Waals surface area contributed by atoms with Crippen molar-refractivity contribution in [2.75, 3.05) is 0 Å². The van der Waals surface area contributed by atoms with Crippen LogP contribution in [0.4, 0.5) is 5.69 Å². The summed E-state index contributed by atoms with van der Waals surface area (Å²) in [7, 11) is 0. The molecule has 38 heavy (non-hydrogen) atoms. The highest BCUT2D eigenvalue weighted by atomic mass is 16.6. The predicted molar refractivity (Wildman–Crippen MR) is 150 cm³/mol. The molecule has 0 radical (unpaired) electrons. The number of rotatable bonds is 1. The van der Waals surface area contributed by atoms with Crippen molar-refractivity contribution in [3.63, 3.8) is 0 Å². The van der Waals surface area contributed by atoms with Gasteiger partial charge in [-0.3, -0.25) is 14.9 Å². The normalized spacial score (nSPS) is 18.3. The highest BCUT2D eigenvalue weighted by Crippen LogP contribution is 2.39. The van der Waals surface area contributed by atoms with Crippen LogP contribution in [0.2, 0.25) is 0 Å². The van der Waals surface area contributed by atoms with Gasteiger partial charge in [0.15, 0.2) is 5.78 Å². The zero-order valence-electron chi connectivity index (χ0n) is 22.1. The zero-order valence-corrected chi connectivity index (χ0v) is 22.1. The Morgan fingerprint density at radius 2 is 1.39 bits per heavy atom. The summed E-state index contributed by atoms with van der Waals surface area (Å²) >= 11 is 0. The molecular weight excluding hydrogens is 474 g/mol. The molecule has 196 valence electrons. The van der Waals surface area contributed by atoms with Gasteiger partial charge >= 0.3 is 0 Å². The molecule has 2 aliphatic carbocycles. The van der Waals surface area contributed by atoms with Crippen molar-refractivity contribution in [1.29, 1.82) is 0 Å². The molecular formula is C32H35N3O3. The monoisotopic (exact) mass is 509 g/mol. The summed E-state index contributed by atoms with van der Waals surface area (Å²) in [6, 6.07) is 10.3. The number of carbonyl (C=O) groups excluding carboxylic acids is 1. The molecule has 0 saturated heterocycles. The molecule has 6 nitrogen and oxygen atoms in total. The van der Waals surface area contributed by atoms with E-state index in [2.05, 4.69) is 27.3 Å². The maximum absolute atomic E-state index is 12.5. The van der Waals surface area contributed by atoms with Gasteiger partial charge in [0.25, 0.3) is 5.69 Å². The Balaban J connectivity index is 0.000000130. The molecule has 4 aromatic rings. The fourth-order valence-electron chi connectivity index (χ4n) is 7.67. The molecule has 0 spiro atoms. The summed E-state index contributed by atoms with van der Waals surface area (Å²) in [5.41, 5.74) is 10.6. The smallest absolute Gasteiger partial charge is 0.270 e. The number of nitro groups is 1. The number of hydrogen-bond acceptors (Lipinski definition) is 3. The molecule has 0 saturated carbocycles. The molecule has 0 fully saturated rings. The Morgan fingerprint density at radius 3 is 2.26 bits per heavy atom. The largest absolute Gasteiger partial charge is 0.344 e. The lowest BCUT2D eigenvalue weighted by Gasteiger charge is -2.17. The van der Waals surface area contributed by atoms with E-state index in [0.717, 1.165) is 66.4 Å². The second-order valence-electron chi connectivity index (χ2n) is 11.5. The number of hydrogen-bond donors (Lipinski definition) is 0. The zero-order chi connectivity index (χ0) is 25.8. The number of non-ortho nitro benzene ring substituents is 1. The van der Waals surface area contributed by atoms with Gasteiger partial charge in [-0.2, -0.15) is 0 Å². The average Bonchev–Trinajstić information content (AvgIpc) is 3.18. The number of para-hydroxylation sites is 1. The second-order valence-corrected chi connectivity index (χ2v) is 11.5. The Kier molecular flexibility index (Phi) is 5.86. The molecule has 0 atom stereocenters. The van der Waals surface area contributed by atoms with Crippen LogP contribution in [0.3, 0.4) is 0 Å². The lowest BCUT2D eigenvalue weighted by atomic mass is 10.00. The van der Waals surface area contributed by atoms with Gasteiger partial charge in [-0.1, -0.05) is 24.6 Å². The number of aryl methyl sites for hydroxylation is 6. The lowest BCUT2D eigenvalue weighted by molar-refractivity contribution is -0.384. The van der Waals surface area contributed by atoms with E-state index in [9.17, 15) is 14.9 Å². The van der Waals surface area contributed by atoms with E-state index in [1.807, 2.05) is 0 Å². The van der Waals surface area contributed by atoms with Gasteiger partial charge < -0.3 is 9.13 Å².